The van der Waals surface area contributed by atoms with Crippen molar-refractivity contribution < 1.29 is 26.3 Å². The number of hydrogen-bond acceptors (Lipinski definition) is 5. The molecule has 2 heterocycles. The molecule has 0 spiro atoms. The van der Waals surface area contributed by atoms with Gasteiger partial charge < -0.3 is 5.73 Å². The van der Waals surface area contributed by atoms with E-state index in [-0.39, 0.29) is 16.9 Å². The average Bonchev–Trinajstić information content (AvgIpc) is 3.40. The van der Waals surface area contributed by atoms with Crippen LogP contribution in [0.25, 0.3) is 22.5 Å². The van der Waals surface area contributed by atoms with Crippen LogP contribution in [0.2, 0.25) is 5.02 Å². The summed E-state index contributed by atoms with van der Waals surface area (Å²) >= 11 is 5.76. The third-order valence-corrected chi connectivity index (χ3v) is 4.93. The van der Waals surface area contributed by atoms with Gasteiger partial charge >= 0.3 is 12.4 Å². The Morgan fingerprint density at radius 2 is 1.74 bits per heavy atom. The normalized spacial score (nSPS) is 12.1. The quantitative estimate of drug-likeness (QED) is 0.389. The van der Waals surface area contributed by atoms with Crippen LogP contribution in [-0.4, -0.2) is 24.5 Å². The van der Waals surface area contributed by atoms with Gasteiger partial charge in [0.2, 0.25) is 0 Å². The summed E-state index contributed by atoms with van der Waals surface area (Å²) < 4.78 is 83.1. The van der Waals surface area contributed by atoms with Crippen molar-refractivity contribution >= 4 is 17.4 Å². The van der Waals surface area contributed by atoms with Gasteiger partial charge in [-0.1, -0.05) is 11.6 Å². The maximum atomic E-state index is 13.8. The van der Waals surface area contributed by atoms with E-state index >= 15 is 0 Å². The molecule has 2 aromatic carbocycles. The third kappa shape index (κ3) is 4.15. The lowest BCUT2D eigenvalue weighted by Gasteiger charge is -2.12. The van der Waals surface area contributed by atoms with Crippen LogP contribution < -0.4 is 5.73 Å². The lowest BCUT2D eigenvalue weighted by atomic mass is 10.0. The number of anilines is 1. The molecule has 0 aliphatic rings. The van der Waals surface area contributed by atoms with Gasteiger partial charge in [0.05, 0.1) is 28.1 Å². The molecule has 2 aromatic heterocycles. The summed E-state index contributed by atoms with van der Waals surface area (Å²) in [6, 6.07) is 7.84. The van der Waals surface area contributed by atoms with Crippen molar-refractivity contribution in [1.29, 1.82) is 5.26 Å². The van der Waals surface area contributed by atoms with Crippen LogP contribution in [-0.2, 0) is 12.4 Å². The molecule has 0 unspecified atom stereocenters. The maximum absolute atomic E-state index is 13.8. The van der Waals surface area contributed by atoms with Gasteiger partial charge in [-0.15, -0.1) is 0 Å². The van der Waals surface area contributed by atoms with E-state index in [0.717, 1.165) is 6.07 Å². The summed E-state index contributed by atoms with van der Waals surface area (Å²) in [5.41, 5.74) is 2.16. The van der Waals surface area contributed by atoms with Crippen molar-refractivity contribution in [3.63, 3.8) is 0 Å². The summed E-state index contributed by atoms with van der Waals surface area (Å²) in [5.74, 6) is -0.597. The van der Waals surface area contributed by atoms with Crippen molar-refractivity contribution in [2.75, 3.05) is 5.73 Å². The molecule has 174 valence electrons. The number of hydrogen-bond donors (Lipinski definition) is 1. The molecule has 0 amide bonds. The van der Waals surface area contributed by atoms with E-state index in [1.807, 2.05) is 6.07 Å². The number of aromatic nitrogens is 5. The highest BCUT2D eigenvalue weighted by atomic mass is 35.5. The van der Waals surface area contributed by atoms with Gasteiger partial charge in [0.15, 0.2) is 5.69 Å². The van der Waals surface area contributed by atoms with Gasteiger partial charge in [-0.05, 0) is 42.0 Å². The Kier molecular flexibility index (Phi) is 5.49. The van der Waals surface area contributed by atoms with Crippen molar-refractivity contribution in [2.45, 2.75) is 12.4 Å². The number of rotatable bonds is 3. The van der Waals surface area contributed by atoms with Crippen LogP contribution >= 0.6 is 11.6 Å². The molecule has 0 bridgehead atoms. The molecule has 0 aliphatic carbocycles. The topological polar surface area (TPSA) is 98.3 Å². The SMILES string of the molecule is N#Cc1cc(-n2nc(C(F)(F)F)c(-c3cc(Cl)cc(C(F)(F)F)c3)c2N)ccc1-n1cncn1. The minimum absolute atomic E-state index is 0.00937. The number of nitrogens with zero attached hydrogens (tertiary/aromatic N) is 6. The van der Waals surface area contributed by atoms with Crippen molar-refractivity contribution in [1.82, 2.24) is 24.5 Å². The summed E-state index contributed by atoms with van der Waals surface area (Å²) in [7, 11) is 0. The lowest BCUT2D eigenvalue weighted by Crippen LogP contribution is -2.09. The van der Waals surface area contributed by atoms with Crippen molar-refractivity contribution in [3.05, 3.63) is 70.9 Å². The van der Waals surface area contributed by atoms with E-state index in [2.05, 4.69) is 15.2 Å². The Hall–Kier alpha value is -4.05. The Bertz CT molecular complexity index is 1420. The molecule has 7 nitrogen and oxygen atoms in total. The second-order valence-electron chi connectivity index (χ2n) is 6.90. The first kappa shape index (κ1) is 23.1. The smallest absolute Gasteiger partial charge is 0.383 e. The number of benzene rings is 2. The zero-order valence-electron chi connectivity index (χ0n) is 16.5. The molecule has 4 aromatic rings. The lowest BCUT2D eigenvalue weighted by molar-refractivity contribution is -0.140. The van der Waals surface area contributed by atoms with Crippen LogP contribution in [0, 0.1) is 11.3 Å². The first-order valence-corrected chi connectivity index (χ1v) is 9.51. The summed E-state index contributed by atoms with van der Waals surface area (Å²) in [4.78, 5) is 3.76. The summed E-state index contributed by atoms with van der Waals surface area (Å²) in [6.07, 6.45) is -7.38. The first-order valence-electron chi connectivity index (χ1n) is 9.13. The van der Waals surface area contributed by atoms with Crippen LogP contribution in [0.5, 0.6) is 0 Å². The zero-order chi connectivity index (χ0) is 24.8. The fourth-order valence-electron chi connectivity index (χ4n) is 3.29. The minimum Gasteiger partial charge on any atom is -0.383 e. The largest absolute Gasteiger partial charge is 0.435 e. The highest BCUT2D eigenvalue weighted by molar-refractivity contribution is 6.31. The molecule has 14 heteroatoms. The highest BCUT2D eigenvalue weighted by Crippen LogP contribution is 2.43. The van der Waals surface area contributed by atoms with E-state index in [9.17, 15) is 31.6 Å². The van der Waals surface area contributed by atoms with Gasteiger partial charge in [0.25, 0.3) is 0 Å². The molecule has 0 fully saturated rings. The van der Waals surface area contributed by atoms with Gasteiger partial charge in [-0.25, -0.2) is 14.3 Å². The van der Waals surface area contributed by atoms with Crippen LogP contribution in [0.3, 0.4) is 0 Å². The van der Waals surface area contributed by atoms with Gasteiger partial charge in [0, 0.05) is 5.02 Å². The molecular weight excluding hydrogens is 488 g/mol. The standard InChI is InChI=1S/C20H10ClF6N7/c21-13-4-10(3-12(6-13)19(22,23)24)16-17(20(25,26)27)32-34(18(16)29)14-1-2-15(11(5-14)7-28)33-9-30-8-31-33/h1-6,8-9H,29H2. The Balaban J connectivity index is 1.94. The highest BCUT2D eigenvalue weighted by Gasteiger charge is 2.40. The maximum Gasteiger partial charge on any atom is 0.435 e. The summed E-state index contributed by atoms with van der Waals surface area (Å²) in [5, 5.41) is 16.5. The summed E-state index contributed by atoms with van der Waals surface area (Å²) in [6.45, 7) is 0. The number of nitrogen functional groups attached to an aromatic ring is 1. The van der Waals surface area contributed by atoms with Crippen molar-refractivity contribution in [2.24, 2.45) is 0 Å². The minimum atomic E-state index is -5.06. The Morgan fingerprint density at radius 1 is 1.00 bits per heavy atom. The number of alkyl halides is 6. The molecule has 0 aliphatic heterocycles. The van der Waals surface area contributed by atoms with E-state index in [4.69, 9.17) is 17.3 Å². The molecule has 0 saturated heterocycles. The second-order valence-corrected chi connectivity index (χ2v) is 7.33. The molecular formula is C20H10ClF6N7. The Labute approximate surface area is 191 Å². The monoisotopic (exact) mass is 497 g/mol. The van der Waals surface area contributed by atoms with E-state index in [1.165, 1.54) is 35.5 Å². The number of nitrogens with two attached hydrogens (primary N) is 1. The van der Waals surface area contributed by atoms with Crippen molar-refractivity contribution in [3.8, 4) is 28.6 Å². The van der Waals surface area contributed by atoms with Crippen LogP contribution in [0.1, 0.15) is 16.8 Å². The molecule has 2 N–H and O–H groups in total. The molecule has 4 rings (SSSR count). The molecule has 0 saturated carbocycles. The number of nitriles is 1. The van der Waals surface area contributed by atoms with E-state index in [1.54, 1.807) is 0 Å². The predicted molar refractivity (Wildman–Crippen MR) is 108 cm³/mol. The molecule has 0 atom stereocenters. The predicted octanol–water partition coefficient (Wildman–Crippen LogP) is 5.26. The second kappa shape index (κ2) is 8.07. The molecule has 34 heavy (non-hydrogen) atoms. The molecule has 0 radical (unpaired) electrons. The third-order valence-electron chi connectivity index (χ3n) is 4.71. The number of halogens is 7. The van der Waals surface area contributed by atoms with Gasteiger partial charge in [-0.3, -0.25) is 0 Å². The van der Waals surface area contributed by atoms with E-state index < -0.39 is 45.6 Å². The zero-order valence-corrected chi connectivity index (χ0v) is 17.3. The van der Waals surface area contributed by atoms with Gasteiger partial charge in [-0.2, -0.15) is 41.8 Å². The Morgan fingerprint density at radius 3 is 2.32 bits per heavy atom. The first-order chi connectivity index (χ1) is 15.9. The fraction of sp³-hybridized carbons (Fsp3) is 0.100. The van der Waals surface area contributed by atoms with Crippen LogP contribution in [0.15, 0.2) is 49.1 Å². The van der Waals surface area contributed by atoms with Crippen LogP contribution in [0.4, 0.5) is 32.2 Å². The fourth-order valence-corrected chi connectivity index (χ4v) is 3.52. The van der Waals surface area contributed by atoms with Gasteiger partial charge in [0.1, 0.15) is 24.5 Å². The average molecular weight is 498 g/mol. The van der Waals surface area contributed by atoms with E-state index in [0.29, 0.717) is 16.8 Å².